The Kier molecular flexibility index (Phi) is 1.54. The Morgan fingerprint density at radius 3 is 2.12 bits per heavy atom. The van der Waals surface area contributed by atoms with E-state index in [1.54, 1.807) is 0 Å². The Balaban J connectivity index is 2.33. The van der Waals surface area contributed by atoms with E-state index in [2.05, 4.69) is 12.2 Å². The number of hydrogen-bond donors (Lipinski definition) is 1. The molecule has 2 heteroatoms. The van der Waals surface area contributed by atoms with Crippen molar-refractivity contribution < 1.29 is 0 Å². The van der Waals surface area contributed by atoms with Gasteiger partial charge in [-0.25, -0.2) is 5.32 Å². The minimum Gasteiger partial charge on any atom is -0.325 e. The molecule has 1 rings (SSSR count). The van der Waals surface area contributed by atoms with E-state index in [1.807, 2.05) is 0 Å². The van der Waals surface area contributed by atoms with Gasteiger partial charge in [0.15, 0.2) is 0 Å². The van der Waals surface area contributed by atoms with Crippen molar-refractivity contribution in [2.75, 3.05) is 13.1 Å². The molecule has 0 aromatic carbocycles. The van der Waals surface area contributed by atoms with Crippen molar-refractivity contribution in [3.63, 3.8) is 0 Å². The van der Waals surface area contributed by atoms with Gasteiger partial charge in [0.05, 0.1) is 0 Å². The van der Waals surface area contributed by atoms with Crippen LogP contribution >= 0.6 is 0 Å². The molecule has 0 unspecified atom stereocenters. The van der Waals surface area contributed by atoms with Crippen molar-refractivity contribution in [3.8, 4) is 0 Å². The predicted octanol–water partition coefficient (Wildman–Crippen LogP) is 0.102. The van der Waals surface area contributed by atoms with E-state index in [9.17, 15) is 0 Å². The molecule has 8 heavy (non-hydrogen) atoms. The molecule has 0 aliphatic carbocycles. The lowest BCUT2D eigenvalue weighted by Crippen LogP contribution is -2.44. The van der Waals surface area contributed by atoms with Gasteiger partial charge in [-0.2, -0.15) is 0 Å². The van der Waals surface area contributed by atoms with Crippen molar-refractivity contribution in [3.05, 3.63) is 0 Å². The van der Waals surface area contributed by atoms with Gasteiger partial charge in [-0.15, -0.1) is 0 Å². The lowest BCUT2D eigenvalue weighted by molar-refractivity contribution is 0.333. The van der Waals surface area contributed by atoms with Gasteiger partial charge in [0, 0.05) is 18.6 Å². The first-order valence-corrected chi connectivity index (χ1v) is 3.13. The summed E-state index contributed by atoms with van der Waals surface area (Å²) in [6, 6.07) is 0. The first-order valence-electron chi connectivity index (χ1n) is 3.13. The normalized spacial score (nSPS) is 27.8. The lowest BCUT2D eigenvalue weighted by atomic mass is 9.92. The summed E-state index contributed by atoms with van der Waals surface area (Å²) < 4.78 is 0. The molecule has 0 saturated carbocycles. The van der Waals surface area contributed by atoms with Gasteiger partial charge in [0.25, 0.3) is 0 Å². The van der Waals surface area contributed by atoms with E-state index in [0.29, 0.717) is 0 Å². The summed E-state index contributed by atoms with van der Waals surface area (Å²) in [6.45, 7) is 4.03. The van der Waals surface area contributed by atoms with Gasteiger partial charge < -0.3 is 5.73 Å². The fraction of sp³-hybridized carbons (Fsp3) is 1.00. The minimum atomic E-state index is 0.0851. The van der Waals surface area contributed by atoms with Gasteiger partial charge in [0.1, 0.15) is 0 Å². The SMILES string of the molecule is CC1(N)CC[N]CC1. The highest BCUT2D eigenvalue weighted by Crippen LogP contribution is 2.12. The fourth-order valence-electron chi connectivity index (χ4n) is 0.906. The minimum absolute atomic E-state index is 0.0851. The van der Waals surface area contributed by atoms with Crippen LogP contribution in [0, 0.1) is 0 Å². The molecule has 1 radical (unpaired) electrons. The third kappa shape index (κ3) is 1.46. The summed E-state index contributed by atoms with van der Waals surface area (Å²) in [6.07, 6.45) is 2.12. The van der Waals surface area contributed by atoms with E-state index < -0.39 is 0 Å². The molecule has 0 atom stereocenters. The van der Waals surface area contributed by atoms with E-state index in [4.69, 9.17) is 5.73 Å². The molecule has 47 valence electrons. The second kappa shape index (κ2) is 2.03. The molecule has 1 fully saturated rings. The van der Waals surface area contributed by atoms with Gasteiger partial charge >= 0.3 is 0 Å². The molecule has 0 bridgehead atoms. The van der Waals surface area contributed by atoms with Crippen molar-refractivity contribution in [2.24, 2.45) is 5.73 Å². The van der Waals surface area contributed by atoms with Crippen LogP contribution in [0.4, 0.5) is 0 Å². The number of piperidine rings is 1. The first-order chi connectivity index (χ1) is 3.71. The zero-order valence-corrected chi connectivity index (χ0v) is 5.35. The standard InChI is InChI=1S/C6H13N2/c1-6(7)2-4-8-5-3-6/h2-5,7H2,1H3. The molecule has 1 saturated heterocycles. The van der Waals surface area contributed by atoms with E-state index in [1.165, 1.54) is 0 Å². The highest BCUT2D eigenvalue weighted by atomic mass is 14.9. The summed E-state index contributed by atoms with van der Waals surface area (Å²) in [5, 5.41) is 4.19. The van der Waals surface area contributed by atoms with Crippen LogP contribution in [0.2, 0.25) is 0 Å². The van der Waals surface area contributed by atoms with Gasteiger partial charge in [-0.05, 0) is 19.8 Å². The van der Waals surface area contributed by atoms with Gasteiger partial charge in [-0.1, -0.05) is 0 Å². The first kappa shape index (κ1) is 6.05. The molecule has 1 heterocycles. The summed E-state index contributed by atoms with van der Waals surface area (Å²) in [4.78, 5) is 0. The summed E-state index contributed by atoms with van der Waals surface area (Å²) in [7, 11) is 0. The van der Waals surface area contributed by atoms with Gasteiger partial charge in [0.2, 0.25) is 0 Å². The number of nitrogens with two attached hydrogens (primary N) is 1. The van der Waals surface area contributed by atoms with Crippen molar-refractivity contribution in [1.29, 1.82) is 0 Å². The Morgan fingerprint density at radius 2 is 1.88 bits per heavy atom. The van der Waals surface area contributed by atoms with Crippen LogP contribution in [0.25, 0.3) is 0 Å². The topological polar surface area (TPSA) is 40.1 Å². The second-order valence-electron chi connectivity index (χ2n) is 2.82. The molecule has 0 aromatic heterocycles. The smallest absolute Gasteiger partial charge is 0.0151 e. The molecular formula is C6H13N2. The van der Waals surface area contributed by atoms with Crippen LogP contribution in [-0.2, 0) is 0 Å². The summed E-state index contributed by atoms with van der Waals surface area (Å²) in [5.74, 6) is 0. The van der Waals surface area contributed by atoms with E-state index in [-0.39, 0.29) is 5.54 Å². The van der Waals surface area contributed by atoms with Crippen LogP contribution in [0.15, 0.2) is 0 Å². The summed E-state index contributed by atoms with van der Waals surface area (Å²) in [5.41, 5.74) is 5.90. The Morgan fingerprint density at radius 1 is 1.38 bits per heavy atom. The monoisotopic (exact) mass is 113 g/mol. The van der Waals surface area contributed by atoms with Crippen LogP contribution < -0.4 is 11.1 Å². The average Bonchev–Trinajstić information content (AvgIpc) is 1.65. The molecule has 0 spiro atoms. The number of hydrogen-bond acceptors (Lipinski definition) is 1. The Bertz CT molecular complexity index is 70.6. The second-order valence-corrected chi connectivity index (χ2v) is 2.82. The molecule has 0 aromatic rings. The highest BCUT2D eigenvalue weighted by molar-refractivity contribution is 4.83. The van der Waals surface area contributed by atoms with E-state index in [0.717, 1.165) is 25.9 Å². The molecular weight excluding hydrogens is 100 g/mol. The van der Waals surface area contributed by atoms with Crippen LogP contribution in [0.5, 0.6) is 0 Å². The molecule has 1 aliphatic rings. The number of nitrogens with zero attached hydrogens (tertiary/aromatic N) is 1. The summed E-state index contributed by atoms with van der Waals surface area (Å²) >= 11 is 0. The van der Waals surface area contributed by atoms with Crippen molar-refractivity contribution in [1.82, 2.24) is 5.32 Å². The number of rotatable bonds is 0. The predicted molar refractivity (Wildman–Crippen MR) is 33.7 cm³/mol. The van der Waals surface area contributed by atoms with Gasteiger partial charge in [-0.3, -0.25) is 0 Å². The molecule has 1 aliphatic heterocycles. The average molecular weight is 113 g/mol. The largest absolute Gasteiger partial charge is 0.325 e. The van der Waals surface area contributed by atoms with Crippen LogP contribution in [0.3, 0.4) is 0 Å². The maximum absolute atomic E-state index is 5.82. The fourth-order valence-corrected chi connectivity index (χ4v) is 0.906. The molecule has 0 amide bonds. The highest BCUT2D eigenvalue weighted by Gasteiger charge is 2.20. The molecule has 2 N–H and O–H groups in total. The quantitative estimate of drug-likeness (QED) is 0.475. The maximum atomic E-state index is 5.82. The maximum Gasteiger partial charge on any atom is 0.0151 e. The lowest BCUT2D eigenvalue weighted by Gasteiger charge is -2.28. The van der Waals surface area contributed by atoms with Crippen molar-refractivity contribution >= 4 is 0 Å². The van der Waals surface area contributed by atoms with Crippen molar-refractivity contribution in [2.45, 2.75) is 25.3 Å². The Labute approximate surface area is 50.4 Å². The molecule has 2 nitrogen and oxygen atoms in total. The van der Waals surface area contributed by atoms with E-state index >= 15 is 0 Å². The zero-order valence-electron chi connectivity index (χ0n) is 5.35. The van der Waals surface area contributed by atoms with Crippen LogP contribution in [0.1, 0.15) is 19.8 Å². The zero-order chi connectivity index (χ0) is 6.04. The van der Waals surface area contributed by atoms with Crippen LogP contribution in [-0.4, -0.2) is 18.6 Å². The Hall–Kier alpha value is -0.0800. The third-order valence-corrected chi connectivity index (χ3v) is 1.68. The third-order valence-electron chi connectivity index (χ3n) is 1.68.